The van der Waals surface area contributed by atoms with Crippen molar-refractivity contribution in [3.63, 3.8) is 0 Å². The van der Waals surface area contributed by atoms with Crippen LogP contribution in [0.15, 0.2) is 12.2 Å². The van der Waals surface area contributed by atoms with Gasteiger partial charge in [0.05, 0.1) is 139 Å². The van der Waals surface area contributed by atoms with Gasteiger partial charge in [-0.3, -0.25) is 24.1 Å². The van der Waals surface area contributed by atoms with E-state index in [0.717, 1.165) is 4.90 Å². The van der Waals surface area contributed by atoms with E-state index in [2.05, 4.69) is 0 Å². The maximum atomic E-state index is 11.5. The van der Waals surface area contributed by atoms with Gasteiger partial charge in [0.2, 0.25) is 0 Å². The maximum absolute atomic E-state index is 11.5. The number of unbranched alkanes of at least 4 members (excludes halogenated alkanes) is 1. The van der Waals surface area contributed by atoms with Gasteiger partial charge in [0.15, 0.2) is 0 Å². The minimum Gasteiger partial charge on any atom is -0.481 e. The summed E-state index contributed by atoms with van der Waals surface area (Å²) in [4.78, 5) is 45.8. The van der Waals surface area contributed by atoms with E-state index in [0.29, 0.717) is 132 Å². The third-order valence-corrected chi connectivity index (χ3v) is 6.22. The zero-order valence-electron chi connectivity index (χ0n) is 28.6. The van der Waals surface area contributed by atoms with Crippen molar-refractivity contribution in [1.82, 2.24) is 4.90 Å². The number of imide groups is 1. The molecule has 0 aromatic heterocycles. The van der Waals surface area contributed by atoms with Crippen molar-refractivity contribution in [3.05, 3.63) is 12.2 Å². The Morgan fingerprint density at radius 2 is 0.735 bits per heavy atom. The Hall–Kier alpha value is -2.58. The molecule has 284 valence electrons. The van der Waals surface area contributed by atoms with Crippen molar-refractivity contribution in [1.29, 1.82) is 0 Å². The SMILES string of the molecule is O=C(O)CCCCC(=O)OCCOCCOCCOCCOCCOCCOCCOCCOCCOCCOCCN1C(=O)C=CC1=O. The number of esters is 1. The Balaban J connectivity index is 1.64. The van der Waals surface area contributed by atoms with Crippen molar-refractivity contribution in [3.8, 4) is 0 Å². The summed E-state index contributed by atoms with van der Waals surface area (Å²) in [6.45, 7) is 8.81. The number of carbonyl (C=O) groups excluding carboxylic acids is 3. The van der Waals surface area contributed by atoms with E-state index in [1.807, 2.05) is 0 Å². The van der Waals surface area contributed by atoms with Crippen LogP contribution in [-0.4, -0.2) is 179 Å². The lowest BCUT2D eigenvalue weighted by Crippen LogP contribution is -2.33. The molecule has 0 unspecified atom stereocenters. The highest BCUT2D eigenvalue weighted by molar-refractivity contribution is 6.12. The first-order chi connectivity index (χ1) is 24.0. The van der Waals surface area contributed by atoms with Crippen LogP contribution in [-0.2, 0) is 71.3 Å². The number of hydrogen-bond acceptors (Lipinski definition) is 15. The molecular formula is C32H55NO16. The normalized spacial score (nSPS) is 12.8. The molecule has 17 heteroatoms. The number of nitrogens with zero attached hydrogens (tertiary/aromatic N) is 1. The molecule has 0 saturated carbocycles. The predicted octanol–water partition coefficient (Wildman–Crippen LogP) is 0.266. The minimum atomic E-state index is -0.868. The van der Waals surface area contributed by atoms with Gasteiger partial charge in [-0.05, 0) is 12.8 Å². The monoisotopic (exact) mass is 709 g/mol. The van der Waals surface area contributed by atoms with Gasteiger partial charge in [-0.15, -0.1) is 0 Å². The van der Waals surface area contributed by atoms with Crippen molar-refractivity contribution in [2.45, 2.75) is 25.7 Å². The van der Waals surface area contributed by atoms with Crippen LogP contribution < -0.4 is 0 Å². The van der Waals surface area contributed by atoms with Crippen molar-refractivity contribution >= 4 is 23.8 Å². The minimum absolute atomic E-state index is 0.0546. The summed E-state index contributed by atoms with van der Waals surface area (Å²) in [5.41, 5.74) is 0. The van der Waals surface area contributed by atoms with E-state index in [4.69, 9.17) is 57.2 Å². The highest BCUT2D eigenvalue weighted by atomic mass is 16.6. The fraction of sp³-hybridized carbons (Fsp3) is 0.812. The number of aliphatic carboxylic acids is 1. The molecule has 1 heterocycles. The summed E-state index contributed by atoms with van der Waals surface area (Å²) in [5.74, 6) is -1.85. The predicted molar refractivity (Wildman–Crippen MR) is 171 cm³/mol. The second-order valence-corrected chi connectivity index (χ2v) is 10.1. The number of rotatable bonds is 38. The Labute approximate surface area is 288 Å². The van der Waals surface area contributed by atoms with Crippen molar-refractivity contribution < 1.29 is 76.4 Å². The third kappa shape index (κ3) is 30.0. The van der Waals surface area contributed by atoms with Crippen molar-refractivity contribution in [2.24, 2.45) is 0 Å². The Morgan fingerprint density at radius 3 is 1.06 bits per heavy atom. The van der Waals surface area contributed by atoms with Crippen LogP contribution in [0.5, 0.6) is 0 Å². The second-order valence-electron chi connectivity index (χ2n) is 10.1. The topological polar surface area (TPSA) is 193 Å². The molecule has 1 N–H and O–H groups in total. The lowest BCUT2D eigenvalue weighted by Gasteiger charge is -2.13. The summed E-state index contributed by atoms with van der Waals surface area (Å²) in [7, 11) is 0. The molecule has 0 aromatic carbocycles. The summed E-state index contributed by atoms with van der Waals surface area (Å²) < 4.78 is 59.1. The molecule has 49 heavy (non-hydrogen) atoms. The molecule has 1 aliphatic heterocycles. The fourth-order valence-corrected chi connectivity index (χ4v) is 3.72. The van der Waals surface area contributed by atoms with Crippen LogP contribution >= 0.6 is 0 Å². The van der Waals surface area contributed by atoms with E-state index in [1.54, 1.807) is 0 Å². The molecule has 0 atom stereocenters. The molecule has 0 spiro atoms. The smallest absolute Gasteiger partial charge is 0.305 e. The van der Waals surface area contributed by atoms with E-state index in [1.165, 1.54) is 12.2 Å². The van der Waals surface area contributed by atoms with Gasteiger partial charge in [-0.1, -0.05) is 0 Å². The molecule has 0 fully saturated rings. The summed E-state index contributed by atoms with van der Waals surface area (Å²) in [6.07, 6.45) is 3.71. The Bertz CT molecular complexity index is 856. The van der Waals surface area contributed by atoms with Crippen LogP contribution in [0.3, 0.4) is 0 Å². The zero-order valence-corrected chi connectivity index (χ0v) is 28.6. The van der Waals surface area contributed by atoms with Gasteiger partial charge >= 0.3 is 11.9 Å². The molecule has 0 radical (unpaired) electrons. The highest BCUT2D eigenvalue weighted by Gasteiger charge is 2.22. The van der Waals surface area contributed by atoms with E-state index >= 15 is 0 Å². The van der Waals surface area contributed by atoms with Crippen LogP contribution in [0, 0.1) is 0 Å². The first-order valence-electron chi connectivity index (χ1n) is 16.7. The van der Waals surface area contributed by atoms with E-state index in [9.17, 15) is 19.2 Å². The number of ether oxygens (including phenoxy) is 11. The first kappa shape index (κ1) is 44.4. The summed E-state index contributed by atoms with van der Waals surface area (Å²) in [5, 5.41) is 8.55. The highest BCUT2D eigenvalue weighted by Crippen LogP contribution is 2.03. The zero-order chi connectivity index (χ0) is 35.5. The molecule has 1 rings (SSSR count). The van der Waals surface area contributed by atoms with Gasteiger partial charge in [0.25, 0.3) is 11.8 Å². The molecule has 0 aliphatic carbocycles. The summed E-state index contributed by atoms with van der Waals surface area (Å²) in [6, 6.07) is 0. The number of amides is 2. The number of carboxylic acids is 1. The molecule has 0 aromatic rings. The third-order valence-electron chi connectivity index (χ3n) is 6.22. The Morgan fingerprint density at radius 1 is 0.449 bits per heavy atom. The van der Waals surface area contributed by atoms with Crippen LogP contribution in [0.4, 0.5) is 0 Å². The van der Waals surface area contributed by atoms with Crippen LogP contribution in [0.1, 0.15) is 25.7 Å². The van der Waals surface area contributed by atoms with Gasteiger partial charge in [0, 0.05) is 25.0 Å². The quantitative estimate of drug-likeness (QED) is 0.0521. The van der Waals surface area contributed by atoms with Gasteiger partial charge < -0.3 is 57.2 Å². The lowest BCUT2D eigenvalue weighted by molar-refractivity contribution is -0.146. The summed E-state index contributed by atoms with van der Waals surface area (Å²) >= 11 is 0. The Kier molecular flexibility index (Phi) is 30.7. The molecule has 0 saturated heterocycles. The van der Waals surface area contributed by atoms with Crippen LogP contribution in [0.2, 0.25) is 0 Å². The lowest BCUT2D eigenvalue weighted by atomic mass is 10.2. The molecule has 1 aliphatic rings. The van der Waals surface area contributed by atoms with Gasteiger partial charge in [-0.2, -0.15) is 0 Å². The van der Waals surface area contributed by atoms with Gasteiger partial charge in [-0.25, -0.2) is 0 Å². The number of carboxylic acid groups (broad SMARTS) is 1. The van der Waals surface area contributed by atoms with Crippen LogP contribution in [0.25, 0.3) is 0 Å². The van der Waals surface area contributed by atoms with Crippen molar-refractivity contribution in [2.75, 3.05) is 145 Å². The second kappa shape index (κ2) is 33.9. The largest absolute Gasteiger partial charge is 0.481 e. The first-order valence-corrected chi connectivity index (χ1v) is 16.7. The van der Waals surface area contributed by atoms with Gasteiger partial charge in [0.1, 0.15) is 6.61 Å². The van der Waals surface area contributed by atoms with E-state index < -0.39 is 5.97 Å². The maximum Gasteiger partial charge on any atom is 0.305 e. The standard InChI is InChI=1S/C32H55NO16/c34-29-5-6-30(35)33(29)7-8-39-9-10-40-11-12-41-13-14-42-15-16-43-17-18-44-19-20-45-21-22-46-23-24-47-25-26-48-27-28-49-32(38)4-2-1-3-31(36)37/h5-6H,1-4,7-28H2,(H,36,37). The number of hydrogen-bond donors (Lipinski definition) is 1. The molecular weight excluding hydrogens is 654 g/mol. The molecule has 0 bridgehead atoms. The average Bonchev–Trinajstić information content (AvgIpc) is 3.41. The molecule has 17 nitrogen and oxygen atoms in total. The molecule has 2 amide bonds. The van der Waals surface area contributed by atoms with E-state index in [-0.39, 0.29) is 57.0 Å². The number of carbonyl (C=O) groups is 4. The fourth-order valence-electron chi connectivity index (χ4n) is 3.72. The average molecular weight is 710 g/mol.